The van der Waals surface area contributed by atoms with E-state index in [2.05, 4.69) is 15.0 Å². The second kappa shape index (κ2) is 6.34. The van der Waals surface area contributed by atoms with Crippen molar-refractivity contribution < 1.29 is 8.42 Å². The summed E-state index contributed by atoms with van der Waals surface area (Å²) in [6.45, 7) is 2.86. The SMILES string of the molecule is Cc1ccncc1NS(=O)(=O)CCC1CCCCN1. The van der Waals surface area contributed by atoms with Crippen molar-refractivity contribution in [3.63, 3.8) is 0 Å². The first-order valence-corrected chi connectivity index (χ1v) is 8.36. The van der Waals surface area contributed by atoms with Crippen LogP contribution in [0, 0.1) is 6.92 Å². The van der Waals surface area contributed by atoms with Crippen LogP contribution in [0.1, 0.15) is 31.2 Å². The van der Waals surface area contributed by atoms with Gasteiger partial charge >= 0.3 is 0 Å². The third kappa shape index (κ3) is 4.47. The van der Waals surface area contributed by atoms with Gasteiger partial charge in [0.2, 0.25) is 10.0 Å². The standard InChI is InChI=1S/C13H21N3O2S/c1-11-5-8-14-10-13(11)16-19(17,18)9-6-12-4-2-3-7-15-12/h5,8,10,12,15-16H,2-4,6-7,9H2,1H3. The normalized spacial score (nSPS) is 20.2. The smallest absolute Gasteiger partial charge is 0.232 e. The van der Waals surface area contributed by atoms with Crippen molar-refractivity contribution in [1.82, 2.24) is 10.3 Å². The van der Waals surface area contributed by atoms with Crippen molar-refractivity contribution >= 4 is 15.7 Å². The fourth-order valence-corrected chi connectivity index (χ4v) is 3.50. The van der Waals surface area contributed by atoms with Crippen LogP contribution in [0.5, 0.6) is 0 Å². The van der Waals surface area contributed by atoms with E-state index in [1.165, 1.54) is 12.8 Å². The summed E-state index contributed by atoms with van der Waals surface area (Å²) >= 11 is 0. The van der Waals surface area contributed by atoms with E-state index in [4.69, 9.17) is 0 Å². The van der Waals surface area contributed by atoms with E-state index in [1.54, 1.807) is 18.5 Å². The summed E-state index contributed by atoms with van der Waals surface area (Å²) in [5, 5.41) is 3.36. The van der Waals surface area contributed by atoms with Crippen LogP contribution < -0.4 is 10.0 Å². The van der Waals surface area contributed by atoms with Gasteiger partial charge < -0.3 is 5.32 Å². The number of nitrogens with zero attached hydrogens (tertiary/aromatic N) is 1. The molecule has 19 heavy (non-hydrogen) atoms. The van der Waals surface area contributed by atoms with Crippen molar-refractivity contribution in [3.8, 4) is 0 Å². The molecule has 1 atom stereocenters. The van der Waals surface area contributed by atoms with E-state index in [0.29, 0.717) is 18.2 Å². The van der Waals surface area contributed by atoms with Gasteiger partial charge in [-0.05, 0) is 44.4 Å². The maximum atomic E-state index is 12.0. The Morgan fingerprint density at radius 1 is 1.47 bits per heavy atom. The van der Waals surface area contributed by atoms with E-state index in [9.17, 15) is 8.42 Å². The van der Waals surface area contributed by atoms with Crippen LogP contribution in [0.2, 0.25) is 0 Å². The van der Waals surface area contributed by atoms with Crippen LogP contribution in [0.15, 0.2) is 18.5 Å². The second-order valence-corrected chi connectivity index (χ2v) is 6.89. The van der Waals surface area contributed by atoms with Crippen molar-refractivity contribution in [2.75, 3.05) is 17.0 Å². The molecule has 1 unspecified atom stereocenters. The molecule has 0 bridgehead atoms. The summed E-state index contributed by atoms with van der Waals surface area (Å²) in [6, 6.07) is 2.13. The van der Waals surface area contributed by atoms with Gasteiger partial charge in [-0.25, -0.2) is 8.42 Å². The molecule has 2 heterocycles. The molecule has 0 amide bonds. The molecule has 1 aromatic rings. The molecule has 0 saturated carbocycles. The number of rotatable bonds is 5. The van der Waals surface area contributed by atoms with Gasteiger partial charge in [-0.3, -0.25) is 9.71 Å². The number of aromatic nitrogens is 1. The van der Waals surface area contributed by atoms with Crippen molar-refractivity contribution in [1.29, 1.82) is 0 Å². The van der Waals surface area contributed by atoms with Gasteiger partial charge in [-0.15, -0.1) is 0 Å². The summed E-state index contributed by atoms with van der Waals surface area (Å²) < 4.78 is 26.7. The molecule has 1 aromatic heterocycles. The molecule has 2 N–H and O–H groups in total. The minimum Gasteiger partial charge on any atom is -0.314 e. The molecule has 0 radical (unpaired) electrons. The van der Waals surface area contributed by atoms with Gasteiger partial charge in [0, 0.05) is 12.2 Å². The zero-order valence-corrected chi connectivity index (χ0v) is 12.0. The molecule has 0 aliphatic carbocycles. The van der Waals surface area contributed by atoms with E-state index in [1.807, 2.05) is 6.92 Å². The van der Waals surface area contributed by atoms with Crippen LogP contribution in [-0.2, 0) is 10.0 Å². The minimum atomic E-state index is -3.29. The zero-order chi connectivity index (χ0) is 13.7. The number of anilines is 1. The Morgan fingerprint density at radius 3 is 3.00 bits per heavy atom. The predicted molar refractivity (Wildman–Crippen MR) is 76.6 cm³/mol. The highest BCUT2D eigenvalue weighted by Crippen LogP contribution is 2.15. The van der Waals surface area contributed by atoms with Gasteiger partial charge in [0.05, 0.1) is 17.6 Å². The number of pyridine rings is 1. The maximum absolute atomic E-state index is 12.0. The zero-order valence-electron chi connectivity index (χ0n) is 11.2. The average molecular weight is 283 g/mol. The van der Waals surface area contributed by atoms with Crippen LogP contribution >= 0.6 is 0 Å². The number of aryl methyl sites for hydroxylation is 1. The maximum Gasteiger partial charge on any atom is 0.232 e. The second-order valence-electron chi connectivity index (χ2n) is 5.05. The Hall–Kier alpha value is -1.14. The fraction of sp³-hybridized carbons (Fsp3) is 0.615. The Labute approximate surface area is 114 Å². The lowest BCUT2D eigenvalue weighted by Gasteiger charge is -2.23. The summed E-state index contributed by atoms with van der Waals surface area (Å²) in [4.78, 5) is 3.94. The van der Waals surface area contributed by atoms with Gasteiger partial charge in [0.1, 0.15) is 0 Å². The largest absolute Gasteiger partial charge is 0.314 e. The minimum absolute atomic E-state index is 0.152. The number of hydrogen-bond donors (Lipinski definition) is 2. The quantitative estimate of drug-likeness (QED) is 0.862. The van der Waals surface area contributed by atoms with Crippen LogP contribution in [0.4, 0.5) is 5.69 Å². The number of piperidine rings is 1. The molecule has 1 fully saturated rings. The van der Waals surface area contributed by atoms with Crippen LogP contribution in [0.3, 0.4) is 0 Å². The average Bonchev–Trinajstić information content (AvgIpc) is 2.40. The first kappa shape index (κ1) is 14.3. The highest BCUT2D eigenvalue weighted by Gasteiger charge is 2.17. The van der Waals surface area contributed by atoms with Crippen LogP contribution in [0.25, 0.3) is 0 Å². The van der Waals surface area contributed by atoms with Gasteiger partial charge in [-0.1, -0.05) is 6.42 Å². The highest BCUT2D eigenvalue weighted by atomic mass is 32.2. The first-order chi connectivity index (χ1) is 9.07. The summed E-state index contributed by atoms with van der Waals surface area (Å²) in [7, 11) is -3.29. The van der Waals surface area contributed by atoms with Crippen molar-refractivity contribution in [3.05, 3.63) is 24.0 Å². The van der Waals surface area contributed by atoms with E-state index >= 15 is 0 Å². The molecule has 0 spiro atoms. The number of hydrogen-bond acceptors (Lipinski definition) is 4. The molecule has 6 heteroatoms. The monoisotopic (exact) mass is 283 g/mol. The molecule has 2 rings (SSSR count). The lowest BCUT2D eigenvalue weighted by Crippen LogP contribution is -2.36. The third-order valence-electron chi connectivity index (χ3n) is 3.45. The van der Waals surface area contributed by atoms with E-state index in [0.717, 1.165) is 18.5 Å². The number of sulfonamides is 1. The predicted octanol–water partition coefficient (Wildman–Crippen LogP) is 1.66. The van der Waals surface area contributed by atoms with Crippen molar-refractivity contribution in [2.45, 2.75) is 38.6 Å². The van der Waals surface area contributed by atoms with Crippen LogP contribution in [-0.4, -0.2) is 31.7 Å². The Bertz CT molecular complexity index is 510. The molecule has 1 saturated heterocycles. The van der Waals surface area contributed by atoms with Gasteiger partial charge in [0.25, 0.3) is 0 Å². The summed E-state index contributed by atoms with van der Waals surface area (Å²) in [5.74, 6) is 0.152. The molecule has 1 aliphatic rings. The van der Waals surface area contributed by atoms with Gasteiger partial charge in [0.15, 0.2) is 0 Å². The molecule has 1 aliphatic heterocycles. The van der Waals surface area contributed by atoms with Crippen molar-refractivity contribution in [2.24, 2.45) is 0 Å². The summed E-state index contributed by atoms with van der Waals surface area (Å²) in [6.07, 6.45) is 7.31. The summed E-state index contributed by atoms with van der Waals surface area (Å²) in [5.41, 5.74) is 1.45. The Kier molecular flexibility index (Phi) is 4.76. The highest BCUT2D eigenvalue weighted by molar-refractivity contribution is 7.92. The fourth-order valence-electron chi connectivity index (χ4n) is 2.26. The molecule has 106 valence electrons. The topological polar surface area (TPSA) is 71.1 Å². The Balaban J connectivity index is 1.90. The van der Waals surface area contributed by atoms with E-state index < -0.39 is 10.0 Å². The lowest BCUT2D eigenvalue weighted by atomic mass is 10.0. The third-order valence-corrected chi connectivity index (χ3v) is 4.76. The Morgan fingerprint density at radius 2 is 2.32 bits per heavy atom. The first-order valence-electron chi connectivity index (χ1n) is 6.71. The number of nitrogens with one attached hydrogen (secondary N) is 2. The molecular weight excluding hydrogens is 262 g/mol. The molecule has 0 aromatic carbocycles. The lowest BCUT2D eigenvalue weighted by molar-refractivity contribution is 0.393. The van der Waals surface area contributed by atoms with E-state index in [-0.39, 0.29) is 5.75 Å². The molecule has 5 nitrogen and oxygen atoms in total. The van der Waals surface area contributed by atoms with Gasteiger partial charge in [-0.2, -0.15) is 0 Å². The molecular formula is C13H21N3O2S.